The molecule has 0 aliphatic carbocycles. The minimum atomic E-state index is 0.0945. The van der Waals surface area contributed by atoms with Crippen LogP contribution in [0.5, 0.6) is 5.75 Å². The normalized spacial score (nSPS) is 22.2. The Morgan fingerprint density at radius 2 is 2.12 bits per heavy atom. The summed E-state index contributed by atoms with van der Waals surface area (Å²) in [6, 6.07) is 7.81. The van der Waals surface area contributed by atoms with Gasteiger partial charge < -0.3 is 14.4 Å². The van der Waals surface area contributed by atoms with Gasteiger partial charge in [-0.3, -0.25) is 9.69 Å². The molecule has 1 amide bonds. The van der Waals surface area contributed by atoms with Crippen molar-refractivity contribution in [2.24, 2.45) is 0 Å². The molecule has 0 saturated carbocycles. The summed E-state index contributed by atoms with van der Waals surface area (Å²) < 4.78 is 11.0. The van der Waals surface area contributed by atoms with Crippen LogP contribution in [0.4, 0.5) is 0 Å². The van der Waals surface area contributed by atoms with Crippen molar-refractivity contribution in [3.05, 3.63) is 35.9 Å². The average Bonchev–Trinajstić information content (AvgIpc) is 3.15. The number of methoxy groups -OCH3 is 1. The highest BCUT2D eigenvalue weighted by atomic mass is 16.5. The third-order valence-corrected chi connectivity index (χ3v) is 5.03. The lowest BCUT2D eigenvalue weighted by Crippen LogP contribution is -2.50. The van der Waals surface area contributed by atoms with E-state index in [1.807, 2.05) is 36.1 Å². The van der Waals surface area contributed by atoms with E-state index in [0.29, 0.717) is 6.10 Å². The van der Waals surface area contributed by atoms with E-state index in [1.54, 1.807) is 13.2 Å². The molecular formula is C20H28N2O3. The zero-order chi connectivity index (χ0) is 17.6. The first kappa shape index (κ1) is 18.0. The number of carbonyl (C=O) groups excluding carboxylic acids is 1. The Morgan fingerprint density at radius 3 is 2.80 bits per heavy atom. The predicted molar refractivity (Wildman–Crippen MR) is 98.6 cm³/mol. The Morgan fingerprint density at radius 1 is 1.32 bits per heavy atom. The number of amides is 1. The van der Waals surface area contributed by atoms with Gasteiger partial charge in [0.1, 0.15) is 5.75 Å². The van der Waals surface area contributed by atoms with Crippen molar-refractivity contribution in [3.63, 3.8) is 0 Å². The molecule has 0 aromatic heterocycles. The van der Waals surface area contributed by atoms with E-state index < -0.39 is 0 Å². The van der Waals surface area contributed by atoms with Crippen molar-refractivity contribution in [2.45, 2.75) is 25.9 Å². The van der Waals surface area contributed by atoms with Gasteiger partial charge in [0.2, 0.25) is 5.91 Å². The van der Waals surface area contributed by atoms with Gasteiger partial charge in [0, 0.05) is 45.4 Å². The molecule has 0 spiro atoms. The summed E-state index contributed by atoms with van der Waals surface area (Å²) in [5.74, 6) is 0.900. The average molecular weight is 344 g/mol. The van der Waals surface area contributed by atoms with Crippen molar-refractivity contribution in [2.75, 3.05) is 46.4 Å². The number of allylic oxidation sites excluding steroid dienone is 1. The molecule has 0 unspecified atom stereocenters. The maximum atomic E-state index is 12.6. The fourth-order valence-corrected chi connectivity index (χ4v) is 3.46. The quantitative estimate of drug-likeness (QED) is 0.770. The van der Waals surface area contributed by atoms with Crippen LogP contribution < -0.4 is 4.74 Å². The van der Waals surface area contributed by atoms with Gasteiger partial charge >= 0.3 is 0 Å². The van der Waals surface area contributed by atoms with Crippen LogP contribution in [0, 0.1) is 0 Å². The van der Waals surface area contributed by atoms with E-state index in [-0.39, 0.29) is 5.91 Å². The Bertz CT molecular complexity index is 615. The lowest BCUT2D eigenvalue weighted by molar-refractivity contribution is -0.127. The highest BCUT2D eigenvalue weighted by Crippen LogP contribution is 2.20. The van der Waals surface area contributed by atoms with Gasteiger partial charge in [-0.2, -0.15) is 0 Å². The van der Waals surface area contributed by atoms with Gasteiger partial charge in [0.05, 0.1) is 13.2 Å². The van der Waals surface area contributed by atoms with E-state index in [9.17, 15) is 4.79 Å². The Labute approximate surface area is 150 Å². The molecule has 1 atom stereocenters. The van der Waals surface area contributed by atoms with Crippen molar-refractivity contribution >= 4 is 11.5 Å². The second-order valence-corrected chi connectivity index (χ2v) is 6.82. The second kappa shape index (κ2) is 8.50. The van der Waals surface area contributed by atoms with Gasteiger partial charge in [0.25, 0.3) is 0 Å². The fourth-order valence-electron chi connectivity index (χ4n) is 3.46. The summed E-state index contributed by atoms with van der Waals surface area (Å²) in [6.07, 6.45) is 4.47. The molecule has 0 radical (unpaired) electrons. The second-order valence-electron chi connectivity index (χ2n) is 6.82. The Hall–Kier alpha value is -1.85. The fraction of sp³-hybridized carbons (Fsp3) is 0.550. The summed E-state index contributed by atoms with van der Waals surface area (Å²) in [5.41, 5.74) is 1.98. The van der Waals surface area contributed by atoms with E-state index >= 15 is 0 Å². The first-order chi connectivity index (χ1) is 12.2. The molecule has 0 N–H and O–H groups in total. The lowest BCUT2D eigenvalue weighted by atomic mass is 10.1. The van der Waals surface area contributed by atoms with Crippen LogP contribution in [0.2, 0.25) is 0 Å². The number of rotatable bonds is 5. The third-order valence-electron chi connectivity index (χ3n) is 5.03. The SMILES string of the molecule is COc1cccc(/C(C)=C/C(=O)N2CCN(C[C@@H]3CCCO3)CC2)c1. The molecular weight excluding hydrogens is 316 g/mol. The van der Waals surface area contributed by atoms with E-state index in [1.165, 1.54) is 12.8 Å². The maximum absolute atomic E-state index is 12.6. The first-order valence-corrected chi connectivity index (χ1v) is 9.11. The van der Waals surface area contributed by atoms with E-state index in [4.69, 9.17) is 9.47 Å². The lowest BCUT2D eigenvalue weighted by Gasteiger charge is -2.35. The van der Waals surface area contributed by atoms with Crippen molar-refractivity contribution in [1.82, 2.24) is 9.80 Å². The number of ether oxygens (including phenoxy) is 2. The Kier molecular flexibility index (Phi) is 6.10. The zero-order valence-electron chi connectivity index (χ0n) is 15.2. The minimum absolute atomic E-state index is 0.0945. The number of carbonyl (C=O) groups is 1. The monoisotopic (exact) mass is 344 g/mol. The molecule has 2 aliphatic heterocycles. The topological polar surface area (TPSA) is 42.0 Å². The van der Waals surface area contributed by atoms with Crippen LogP contribution in [0.15, 0.2) is 30.3 Å². The summed E-state index contributed by atoms with van der Waals surface area (Å²) >= 11 is 0. The van der Waals surface area contributed by atoms with Gasteiger partial charge in [-0.25, -0.2) is 0 Å². The van der Waals surface area contributed by atoms with Crippen LogP contribution in [0.3, 0.4) is 0 Å². The third kappa shape index (κ3) is 4.83. The van der Waals surface area contributed by atoms with Crippen LogP contribution in [-0.4, -0.2) is 68.3 Å². The molecule has 136 valence electrons. The summed E-state index contributed by atoms with van der Waals surface area (Å²) in [4.78, 5) is 16.9. The highest BCUT2D eigenvalue weighted by molar-refractivity contribution is 5.95. The summed E-state index contributed by atoms with van der Waals surface area (Å²) in [7, 11) is 1.65. The predicted octanol–water partition coefficient (Wildman–Crippen LogP) is 2.42. The number of benzene rings is 1. The zero-order valence-corrected chi connectivity index (χ0v) is 15.2. The van der Waals surface area contributed by atoms with Crippen LogP contribution >= 0.6 is 0 Å². The largest absolute Gasteiger partial charge is 0.497 e. The van der Waals surface area contributed by atoms with Gasteiger partial charge in [0.15, 0.2) is 0 Å². The van der Waals surface area contributed by atoms with Gasteiger partial charge in [-0.15, -0.1) is 0 Å². The molecule has 25 heavy (non-hydrogen) atoms. The van der Waals surface area contributed by atoms with Crippen LogP contribution in [0.25, 0.3) is 5.57 Å². The van der Waals surface area contributed by atoms with Crippen molar-refractivity contribution < 1.29 is 14.3 Å². The molecule has 2 heterocycles. The molecule has 2 aliphatic rings. The van der Waals surface area contributed by atoms with E-state index in [0.717, 1.165) is 56.2 Å². The van der Waals surface area contributed by atoms with E-state index in [2.05, 4.69) is 4.90 Å². The van der Waals surface area contributed by atoms with Crippen molar-refractivity contribution in [1.29, 1.82) is 0 Å². The number of nitrogens with zero attached hydrogens (tertiary/aromatic N) is 2. The minimum Gasteiger partial charge on any atom is -0.497 e. The van der Waals surface area contributed by atoms with Crippen molar-refractivity contribution in [3.8, 4) is 5.75 Å². The molecule has 0 bridgehead atoms. The maximum Gasteiger partial charge on any atom is 0.246 e. The Balaban J connectivity index is 1.52. The number of hydrogen-bond acceptors (Lipinski definition) is 4. The molecule has 5 heteroatoms. The first-order valence-electron chi connectivity index (χ1n) is 9.11. The van der Waals surface area contributed by atoms with Gasteiger partial charge in [-0.1, -0.05) is 12.1 Å². The van der Waals surface area contributed by atoms with Crippen LogP contribution in [0.1, 0.15) is 25.3 Å². The molecule has 1 aromatic carbocycles. The van der Waals surface area contributed by atoms with Crippen LogP contribution in [-0.2, 0) is 9.53 Å². The number of piperazine rings is 1. The molecule has 5 nitrogen and oxygen atoms in total. The summed E-state index contributed by atoms with van der Waals surface area (Å²) in [6.45, 7) is 7.30. The van der Waals surface area contributed by atoms with Gasteiger partial charge in [-0.05, 0) is 43.0 Å². The number of hydrogen-bond donors (Lipinski definition) is 0. The molecule has 2 fully saturated rings. The molecule has 3 rings (SSSR count). The summed E-state index contributed by atoms with van der Waals surface area (Å²) in [5, 5.41) is 0. The standard InChI is InChI=1S/C20H28N2O3/c1-16(17-5-3-6-18(14-17)24-2)13-20(23)22-10-8-21(9-11-22)15-19-7-4-12-25-19/h3,5-6,13-14,19H,4,7-12,15H2,1-2H3/b16-13+/t19-/m0/s1. The smallest absolute Gasteiger partial charge is 0.246 e. The molecule has 2 saturated heterocycles. The molecule has 1 aromatic rings. The highest BCUT2D eigenvalue weighted by Gasteiger charge is 2.24.